The van der Waals surface area contributed by atoms with Crippen molar-refractivity contribution in [3.05, 3.63) is 93.9 Å². The van der Waals surface area contributed by atoms with Crippen LogP contribution >= 0.6 is 11.3 Å². The molecule has 3 aromatic carbocycles. The Morgan fingerprint density at radius 2 is 1.80 bits per heavy atom. The molecule has 40 heavy (non-hydrogen) atoms. The van der Waals surface area contributed by atoms with Crippen LogP contribution in [0.2, 0.25) is 0 Å². The molecule has 0 radical (unpaired) electrons. The third-order valence-corrected chi connectivity index (χ3v) is 8.27. The van der Waals surface area contributed by atoms with Crippen LogP contribution in [-0.4, -0.2) is 25.6 Å². The summed E-state index contributed by atoms with van der Waals surface area (Å²) in [6.45, 7) is 2.06. The lowest BCUT2D eigenvalue weighted by molar-refractivity contribution is 0.0526. The zero-order valence-corrected chi connectivity index (χ0v) is 23.1. The molecular formula is C32H28N2O5S. The Hall–Kier alpha value is -4.43. The number of anilines is 1. The molecular weight excluding hydrogens is 524 g/mol. The van der Waals surface area contributed by atoms with Crippen LogP contribution in [-0.2, 0) is 17.6 Å². The fourth-order valence-corrected chi connectivity index (χ4v) is 6.38. The lowest BCUT2D eigenvalue weighted by atomic mass is 9.95. The highest BCUT2D eigenvalue weighted by molar-refractivity contribution is 7.16. The smallest absolute Gasteiger partial charge is 0.341 e. The predicted octanol–water partition coefficient (Wildman–Crippen LogP) is 7.20. The van der Waals surface area contributed by atoms with Crippen molar-refractivity contribution in [1.82, 2.24) is 0 Å². The zero-order chi connectivity index (χ0) is 27.6. The first-order valence-electron chi connectivity index (χ1n) is 13.3. The van der Waals surface area contributed by atoms with Crippen LogP contribution in [0.1, 0.15) is 50.9 Å². The normalized spacial score (nSPS) is 13.3. The van der Waals surface area contributed by atoms with Gasteiger partial charge in [-0.25, -0.2) is 9.79 Å². The van der Waals surface area contributed by atoms with Crippen molar-refractivity contribution in [1.29, 1.82) is 0 Å². The molecule has 1 aliphatic carbocycles. The Morgan fingerprint density at radius 1 is 1.00 bits per heavy atom. The molecule has 0 saturated heterocycles. The molecule has 0 atom stereocenters. The number of thiophene rings is 1. The minimum atomic E-state index is -0.392. The Balaban J connectivity index is 1.55. The summed E-state index contributed by atoms with van der Waals surface area (Å²) in [4.78, 5) is 32.8. The van der Waals surface area contributed by atoms with Crippen LogP contribution < -0.4 is 15.6 Å². The van der Waals surface area contributed by atoms with Gasteiger partial charge in [0.05, 0.1) is 19.3 Å². The number of hydrogen-bond donors (Lipinski definition) is 1. The van der Waals surface area contributed by atoms with Crippen LogP contribution in [0.3, 0.4) is 0 Å². The van der Waals surface area contributed by atoms with Crippen molar-refractivity contribution in [2.45, 2.75) is 32.6 Å². The summed E-state index contributed by atoms with van der Waals surface area (Å²) in [7, 11) is 1.59. The molecule has 2 aromatic heterocycles. The molecule has 8 heteroatoms. The topological polar surface area (TPSA) is 90.1 Å². The molecule has 0 saturated carbocycles. The first kappa shape index (κ1) is 25.8. The standard InChI is InChI=1S/C32H28N2O5S/c1-3-38-32(36)28-23-10-6-7-11-27(23)40-31(28)34-30-25(29(35)33-20-13-15-21(37-2)16-14-20)18-24-22-9-5-4-8-19(22)12-17-26(24)39-30/h4-5,8-9,12-18H,3,6-7,10-11H2,1-2H3,(H,33,35). The number of benzene rings is 3. The van der Waals surface area contributed by atoms with E-state index in [1.807, 2.05) is 42.5 Å². The largest absolute Gasteiger partial charge is 0.497 e. The van der Waals surface area contributed by atoms with E-state index >= 15 is 0 Å². The second-order valence-corrected chi connectivity index (χ2v) is 10.7. The quantitative estimate of drug-likeness (QED) is 0.178. The Morgan fingerprint density at radius 3 is 2.60 bits per heavy atom. The third-order valence-electron chi connectivity index (χ3n) is 7.08. The molecule has 7 nitrogen and oxygen atoms in total. The summed E-state index contributed by atoms with van der Waals surface area (Å²) in [6.07, 6.45) is 3.78. The number of hydrogen-bond acceptors (Lipinski definition) is 7. The van der Waals surface area contributed by atoms with Gasteiger partial charge in [0.15, 0.2) is 0 Å². The lowest BCUT2D eigenvalue weighted by Crippen LogP contribution is -2.21. The molecule has 0 bridgehead atoms. The second-order valence-electron chi connectivity index (χ2n) is 9.57. The Kier molecular flexibility index (Phi) is 7.09. The molecule has 6 rings (SSSR count). The predicted molar refractivity (Wildman–Crippen MR) is 157 cm³/mol. The van der Waals surface area contributed by atoms with Gasteiger partial charge in [0.25, 0.3) is 5.91 Å². The molecule has 0 fully saturated rings. The number of rotatable bonds is 6. The highest BCUT2D eigenvalue weighted by atomic mass is 32.1. The number of carbonyl (C=O) groups is 2. The number of fused-ring (bicyclic) bond motifs is 4. The lowest BCUT2D eigenvalue weighted by Gasteiger charge is -2.12. The highest BCUT2D eigenvalue weighted by Gasteiger charge is 2.27. The second kappa shape index (κ2) is 11.0. The van der Waals surface area contributed by atoms with E-state index in [1.165, 1.54) is 11.3 Å². The van der Waals surface area contributed by atoms with Crippen LogP contribution in [0, 0.1) is 0 Å². The first-order chi connectivity index (χ1) is 19.6. The van der Waals surface area contributed by atoms with E-state index in [0.29, 0.717) is 27.6 Å². The molecule has 0 unspecified atom stereocenters. The van der Waals surface area contributed by atoms with E-state index in [-0.39, 0.29) is 23.6 Å². The van der Waals surface area contributed by atoms with Crippen molar-refractivity contribution in [2.75, 3.05) is 19.0 Å². The van der Waals surface area contributed by atoms with Crippen molar-refractivity contribution < 1.29 is 23.5 Å². The Labute approximate surface area is 235 Å². The molecule has 0 spiro atoms. The maximum Gasteiger partial charge on any atom is 0.341 e. The average Bonchev–Trinajstić information content (AvgIpc) is 3.35. The van der Waals surface area contributed by atoms with Gasteiger partial charge in [-0.05, 0) is 85.3 Å². The van der Waals surface area contributed by atoms with Gasteiger partial charge < -0.3 is 19.2 Å². The van der Waals surface area contributed by atoms with Crippen LogP contribution in [0.5, 0.6) is 5.75 Å². The van der Waals surface area contributed by atoms with Crippen molar-refractivity contribution in [3.63, 3.8) is 0 Å². The van der Waals surface area contributed by atoms with E-state index in [9.17, 15) is 9.59 Å². The molecule has 1 amide bonds. The summed E-state index contributed by atoms with van der Waals surface area (Å²) in [5, 5.41) is 6.26. The van der Waals surface area contributed by atoms with E-state index < -0.39 is 5.97 Å². The van der Waals surface area contributed by atoms with E-state index in [4.69, 9.17) is 18.9 Å². The molecule has 2 heterocycles. The SMILES string of the molecule is CCOC(=O)c1c(N=c2oc3ccc4ccccc4c3cc2C(=O)Nc2ccc(OC)cc2)sc2c1CCCC2. The number of aryl methyl sites for hydroxylation is 1. The van der Waals surface area contributed by atoms with Crippen molar-refractivity contribution in [3.8, 4) is 5.75 Å². The van der Waals surface area contributed by atoms with Gasteiger partial charge in [0, 0.05) is 16.0 Å². The van der Waals surface area contributed by atoms with Crippen LogP contribution in [0.25, 0.3) is 21.7 Å². The van der Waals surface area contributed by atoms with Gasteiger partial charge in [-0.15, -0.1) is 11.3 Å². The van der Waals surface area contributed by atoms with E-state index in [1.54, 1.807) is 38.3 Å². The molecule has 1 aliphatic rings. The number of nitrogens with zero attached hydrogens (tertiary/aromatic N) is 1. The van der Waals surface area contributed by atoms with Gasteiger partial charge >= 0.3 is 5.97 Å². The minimum Gasteiger partial charge on any atom is -0.497 e. The summed E-state index contributed by atoms with van der Waals surface area (Å²) >= 11 is 1.47. The summed E-state index contributed by atoms with van der Waals surface area (Å²) < 4.78 is 17.0. The number of nitrogens with one attached hydrogen (secondary N) is 1. The number of esters is 1. The summed E-state index contributed by atoms with van der Waals surface area (Å²) in [5.74, 6) is -0.0767. The number of ether oxygens (including phenoxy) is 2. The summed E-state index contributed by atoms with van der Waals surface area (Å²) in [5.41, 5.74) is 3.09. The fraction of sp³-hybridized carbons (Fsp3) is 0.219. The average molecular weight is 553 g/mol. The third kappa shape index (κ3) is 4.86. The number of methoxy groups -OCH3 is 1. The van der Waals surface area contributed by atoms with Gasteiger partial charge in [0.1, 0.15) is 21.9 Å². The zero-order valence-electron chi connectivity index (χ0n) is 22.3. The van der Waals surface area contributed by atoms with Crippen LogP contribution in [0.15, 0.2) is 76.1 Å². The maximum absolute atomic E-state index is 13.7. The van der Waals surface area contributed by atoms with Gasteiger partial charge in [0.2, 0.25) is 5.55 Å². The van der Waals surface area contributed by atoms with Gasteiger partial charge in [-0.3, -0.25) is 4.79 Å². The van der Waals surface area contributed by atoms with Crippen molar-refractivity contribution in [2.24, 2.45) is 4.99 Å². The molecule has 5 aromatic rings. The molecule has 1 N–H and O–H groups in total. The van der Waals surface area contributed by atoms with Gasteiger partial charge in [-0.1, -0.05) is 30.3 Å². The highest BCUT2D eigenvalue weighted by Crippen LogP contribution is 2.40. The fourth-order valence-electron chi connectivity index (χ4n) is 5.13. The maximum atomic E-state index is 13.7. The summed E-state index contributed by atoms with van der Waals surface area (Å²) in [6, 6.07) is 20.7. The Bertz CT molecular complexity index is 1820. The minimum absolute atomic E-state index is 0.137. The number of amides is 1. The number of carbonyl (C=O) groups excluding carboxylic acids is 2. The van der Waals surface area contributed by atoms with E-state index in [2.05, 4.69) is 5.32 Å². The van der Waals surface area contributed by atoms with Gasteiger partial charge in [-0.2, -0.15) is 0 Å². The first-order valence-corrected chi connectivity index (χ1v) is 14.1. The molecule has 0 aliphatic heterocycles. The van der Waals surface area contributed by atoms with E-state index in [0.717, 1.165) is 52.3 Å². The van der Waals surface area contributed by atoms with Crippen LogP contribution in [0.4, 0.5) is 10.7 Å². The van der Waals surface area contributed by atoms with Crippen molar-refractivity contribution >= 4 is 55.6 Å². The molecule has 202 valence electrons. The monoisotopic (exact) mass is 552 g/mol.